The molecule has 2 aromatic heterocycles. The molecule has 1 aliphatic heterocycles. The van der Waals surface area contributed by atoms with Crippen LogP contribution in [0.15, 0.2) is 17.8 Å². The molecule has 0 aliphatic carbocycles. The van der Waals surface area contributed by atoms with Crippen molar-refractivity contribution in [3.8, 4) is 0 Å². The first-order valence-electron chi connectivity index (χ1n) is 6.14. The molecule has 12 heteroatoms. The summed E-state index contributed by atoms with van der Waals surface area (Å²) in [6.45, 7) is -0.890. The molecule has 3 rings (SSSR count). The number of ether oxygens (including phenoxy) is 1. The smallest absolute Gasteiger partial charge is 0.201 e. The molecule has 0 bridgehead atoms. The topological polar surface area (TPSA) is 168 Å². The maximum Gasteiger partial charge on any atom is 0.201 e. The molecule has 1 aliphatic rings. The third-order valence-electron chi connectivity index (χ3n) is 3.46. The number of rotatable bonds is 3. The van der Waals surface area contributed by atoms with Gasteiger partial charge in [-0.15, -0.1) is 0 Å². The summed E-state index contributed by atoms with van der Waals surface area (Å²) < 4.78 is 20.9. The summed E-state index contributed by atoms with van der Waals surface area (Å²) in [4.78, 5) is 14.1. The average molecular weight is 310 g/mol. The molecule has 116 valence electrons. The van der Waals surface area contributed by atoms with E-state index in [9.17, 15) is 14.6 Å². The van der Waals surface area contributed by atoms with Gasteiger partial charge in [0, 0.05) is 4.91 Å². The Morgan fingerprint density at radius 2 is 2.32 bits per heavy atom. The van der Waals surface area contributed by atoms with E-state index in [0.29, 0.717) is 0 Å². The van der Waals surface area contributed by atoms with Gasteiger partial charge in [-0.3, -0.25) is 4.57 Å². The lowest BCUT2D eigenvalue weighted by atomic mass is 10.1. The van der Waals surface area contributed by atoms with E-state index in [2.05, 4.69) is 25.0 Å². The highest BCUT2D eigenvalue weighted by molar-refractivity contribution is 5.81. The number of aliphatic hydroxyl groups excluding tert-OH is 2. The molecule has 4 N–H and O–H groups in total. The van der Waals surface area contributed by atoms with E-state index in [4.69, 9.17) is 16.0 Å². The summed E-state index contributed by atoms with van der Waals surface area (Å²) in [7, 11) is 0. The first-order valence-corrected chi connectivity index (χ1v) is 6.14. The zero-order chi connectivity index (χ0) is 15.9. The average Bonchev–Trinajstić information content (AvgIpc) is 3.04. The molecule has 0 spiro atoms. The predicted octanol–water partition coefficient (Wildman–Crippen LogP) is -0.365. The fourth-order valence-corrected chi connectivity index (χ4v) is 2.34. The van der Waals surface area contributed by atoms with Gasteiger partial charge in [-0.1, -0.05) is 5.11 Å². The Balaban J connectivity index is 2.08. The summed E-state index contributed by atoms with van der Waals surface area (Å²) in [5.74, 6) is 0.0983. The van der Waals surface area contributed by atoms with E-state index < -0.39 is 30.8 Å². The van der Waals surface area contributed by atoms with Gasteiger partial charge in [-0.2, -0.15) is 0 Å². The summed E-state index contributed by atoms with van der Waals surface area (Å²) in [5.41, 5.74) is 12.5. The molecule has 0 unspecified atom stereocenters. The van der Waals surface area contributed by atoms with Crippen LogP contribution in [0.5, 0.6) is 0 Å². The lowest BCUT2D eigenvalue weighted by Crippen LogP contribution is -2.43. The highest BCUT2D eigenvalue weighted by Crippen LogP contribution is 2.41. The monoisotopic (exact) mass is 310 g/mol. The van der Waals surface area contributed by atoms with Crippen LogP contribution in [0.3, 0.4) is 0 Å². The second-order valence-electron chi connectivity index (χ2n) is 4.67. The van der Waals surface area contributed by atoms with Crippen molar-refractivity contribution in [3.05, 3.63) is 23.1 Å². The van der Waals surface area contributed by atoms with Crippen molar-refractivity contribution < 1.29 is 19.3 Å². The van der Waals surface area contributed by atoms with E-state index >= 15 is 0 Å². The summed E-state index contributed by atoms with van der Waals surface area (Å²) in [6.07, 6.45) is -2.85. The molecule has 0 aromatic carbocycles. The fraction of sp³-hybridized carbons (Fsp3) is 0.500. The second-order valence-corrected chi connectivity index (χ2v) is 4.67. The number of imidazole rings is 1. The Bertz CT molecular complexity index is 762. The second kappa shape index (κ2) is 5.03. The molecule has 2 aromatic rings. The van der Waals surface area contributed by atoms with E-state index in [1.807, 2.05) is 0 Å². The number of halogens is 1. The summed E-state index contributed by atoms with van der Waals surface area (Å²) >= 11 is 0. The maximum absolute atomic E-state index is 14.4. The van der Waals surface area contributed by atoms with Gasteiger partial charge >= 0.3 is 0 Å². The van der Waals surface area contributed by atoms with Gasteiger partial charge < -0.3 is 20.7 Å². The SMILES string of the molecule is [N-]=[N+]=N[C@]1(CO)O[C@@H](n2cnc3c(N)ncnc32)[C@H](F)[C@@H]1O. The Kier molecular flexibility index (Phi) is 3.30. The number of azide groups is 1. The molecule has 1 saturated heterocycles. The Morgan fingerprint density at radius 3 is 3.00 bits per heavy atom. The van der Waals surface area contributed by atoms with Crippen molar-refractivity contribution in [1.82, 2.24) is 19.5 Å². The number of nitrogens with two attached hydrogens (primary N) is 1. The molecule has 3 heterocycles. The summed E-state index contributed by atoms with van der Waals surface area (Å²) in [6, 6.07) is 0. The number of nitrogens with zero attached hydrogens (tertiary/aromatic N) is 7. The third-order valence-corrected chi connectivity index (χ3v) is 3.46. The number of nitrogen functional groups attached to an aromatic ring is 1. The lowest BCUT2D eigenvalue weighted by Gasteiger charge is -2.23. The number of hydrogen-bond donors (Lipinski definition) is 3. The van der Waals surface area contributed by atoms with Crippen molar-refractivity contribution in [1.29, 1.82) is 0 Å². The minimum atomic E-state index is -2.12. The normalized spacial score (nSPS) is 31.3. The van der Waals surface area contributed by atoms with Gasteiger partial charge in [-0.05, 0) is 5.53 Å². The van der Waals surface area contributed by atoms with Gasteiger partial charge in [0.15, 0.2) is 23.9 Å². The highest BCUT2D eigenvalue weighted by atomic mass is 19.1. The summed E-state index contributed by atoms with van der Waals surface area (Å²) in [5, 5.41) is 22.4. The zero-order valence-corrected chi connectivity index (χ0v) is 11.0. The predicted molar refractivity (Wildman–Crippen MR) is 69.7 cm³/mol. The maximum atomic E-state index is 14.4. The number of fused-ring (bicyclic) bond motifs is 1. The quantitative estimate of drug-likeness (QED) is 0.395. The highest BCUT2D eigenvalue weighted by Gasteiger charge is 2.56. The van der Waals surface area contributed by atoms with Crippen molar-refractivity contribution in [2.45, 2.75) is 24.2 Å². The van der Waals surface area contributed by atoms with Crippen LogP contribution in [0, 0.1) is 0 Å². The Hall–Kier alpha value is -2.53. The molecule has 1 fully saturated rings. The lowest BCUT2D eigenvalue weighted by molar-refractivity contribution is -0.122. The van der Waals surface area contributed by atoms with E-state index in [1.54, 1.807) is 0 Å². The molecular weight excluding hydrogens is 299 g/mol. The van der Waals surface area contributed by atoms with Gasteiger partial charge in [0.25, 0.3) is 0 Å². The Labute approximate surface area is 121 Å². The third kappa shape index (κ3) is 1.86. The van der Waals surface area contributed by atoms with Crippen LogP contribution in [0.4, 0.5) is 10.2 Å². The first-order chi connectivity index (χ1) is 10.5. The van der Waals surface area contributed by atoms with Crippen LogP contribution in [0.25, 0.3) is 21.6 Å². The molecule has 4 atom stereocenters. The van der Waals surface area contributed by atoms with Crippen LogP contribution in [0.2, 0.25) is 0 Å². The zero-order valence-electron chi connectivity index (χ0n) is 11.0. The minimum Gasteiger partial charge on any atom is -0.393 e. The van der Waals surface area contributed by atoms with Gasteiger partial charge in [0.1, 0.15) is 17.9 Å². The van der Waals surface area contributed by atoms with E-state index in [-0.39, 0.29) is 17.0 Å². The van der Waals surface area contributed by atoms with Crippen LogP contribution in [-0.4, -0.2) is 54.3 Å². The van der Waals surface area contributed by atoms with Crippen molar-refractivity contribution in [2.75, 3.05) is 12.3 Å². The van der Waals surface area contributed by atoms with Crippen molar-refractivity contribution in [2.24, 2.45) is 5.11 Å². The molecule has 0 radical (unpaired) electrons. The van der Waals surface area contributed by atoms with Crippen molar-refractivity contribution >= 4 is 17.0 Å². The van der Waals surface area contributed by atoms with E-state index in [0.717, 1.165) is 0 Å². The largest absolute Gasteiger partial charge is 0.393 e. The minimum absolute atomic E-state index is 0.0983. The van der Waals surface area contributed by atoms with Gasteiger partial charge in [0.05, 0.1) is 12.9 Å². The van der Waals surface area contributed by atoms with Crippen LogP contribution >= 0.6 is 0 Å². The van der Waals surface area contributed by atoms with Crippen LogP contribution in [0.1, 0.15) is 6.23 Å². The molecule has 11 nitrogen and oxygen atoms in total. The Morgan fingerprint density at radius 1 is 1.55 bits per heavy atom. The number of alkyl halides is 1. The number of aromatic nitrogens is 4. The van der Waals surface area contributed by atoms with Crippen LogP contribution < -0.4 is 5.73 Å². The first kappa shape index (κ1) is 14.4. The molecule has 0 saturated carbocycles. The van der Waals surface area contributed by atoms with E-state index in [1.165, 1.54) is 17.2 Å². The molecule has 22 heavy (non-hydrogen) atoms. The molecular formula is C10H11FN8O3. The van der Waals surface area contributed by atoms with Gasteiger partial charge in [-0.25, -0.2) is 19.3 Å². The van der Waals surface area contributed by atoms with Gasteiger partial charge in [0.2, 0.25) is 5.72 Å². The standard InChI is InChI=1S/C10H11FN8O3/c11-4-6(21)10(1-20,17-18-13)22-9(4)19-3-16-5-7(12)14-2-15-8(5)19/h2-4,6,9,20-21H,1H2,(H2,12,14,15)/t4-,6+,9-,10-/m1/s1. The molecule has 0 amide bonds. The fourth-order valence-electron chi connectivity index (χ4n) is 2.34. The van der Waals surface area contributed by atoms with Crippen LogP contribution in [-0.2, 0) is 4.74 Å². The number of aliphatic hydroxyl groups is 2. The number of anilines is 1. The number of hydrogen-bond acceptors (Lipinski definition) is 8. The van der Waals surface area contributed by atoms with Crippen molar-refractivity contribution in [3.63, 3.8) is 0 Å².